The Bertz CT molecular complexity index is 575. The zero-order chi connectivity index (χ0) is 12.3. The zero-order valence-electron chi connectivity index (χ0n) is 8.78. The van der Waals surface area contributed by atoms with Gasteiger partial charge in [-0.25, -0.2) is 4.98 Å². The van der Waals surface area contributed by atoms with Crippen LogP contribution in [0.2, 0.25) is 0 Å². The van der Waals surface area contributed by atoms with Crippen molar-refractivity contribution in [2.45, 2.75) is 4.34 Å². The summed E-state index contributed by atoms with van der Waals surface area (Å²) < 4.78 is 25.8. The van der Waals surface area contributed by atoms with Gasteiger partial charge in [0.2, 0.25) is 4.34 Å². The quantitative estimate of drug-likeness (QED) is 0.829. The second-order valence-corrected chi connectivity index (χ2v) is 6.01. The van der Waals surface area contributed by atoms with Crippen LogP contribution in [0.5, 0.6) is 0 Å². The SMILES string of the molecule is C=CCN(c1cn[nH]c1)S(=O)(=O)c1nccs1. The molecule has 2 rings (SSSR count). The third-order valence-electron chi connectivity index (χ3n) is 1.99. The first-order valence-corrected chi connectivity index (χ1v) is 7.00. The summed E-state index contributed by atoms with van der Waals surface area (Å²) in [5, 5.41) is 7.94. The molecule has 0 aromatic carbocycles. The van der Waals surface area contributed by atoms with Crippen LogP contribution in [0.15, 0.2) is 41.0 Å². The van der Waals surface area contributed by atoms with Crippen molar-refractivity contribution >= 4 is 27.0 Å². The van der Waals surface area contributed by atoms with Gasteiger partial charge in [0.25, 0.3) is 10.0 Å². The Kier molecular flexibility index (Phi) is 3.25. The standard InChI is InChI=1S/C9H10N4O2S2/c1-2-4-13(8-6-11-12-7-8)17(14,15)9-10-3-5-16-9/h2-3,5-7H,1,4H2,(H,11,12). The lowest BCUT2D eigenvalue weighted by Gasteiger charge is -2.19. The Balaban J connectivity index is 2.44. The minimum absolute atomic E-state index is 0.0561. The fourth-order valence-electron chi connectivity index (χ4n) is 1.27. The van der Waals surface area contributed by atoms with E-state index in [0.717, 1.165) is 11.3 Å². The molecule has 0 saturated carbocycles. The Morgan fingerprint density at radius 1 is 1.59 bits per heavy atom. The van der Waals surface area contributed by atoms with Gasteiger partial charge in [0.1, 0.15) is 0 Å². The molecule has 6 nitrogen and oxygen atoms in total. The molecule has 90 valence electrons. The number of aromatic amines is 1. The topological polar surface area (TPSA) is 79.0 Å². The molecule has 2 heterocycles. The van der Waals surface area contributed by atoms with Crippen LogP contribution in [-0.4, -0.2) is 30.1 Å². The molecule has 0 atom stereocenters. The zero-order valence-corrected chi connectivity index (χ0v) is 10.4. The van der Waals surface area contributed by atoms with Crippen LogP contribution in [0, 0.1) is 0 Å². The molecule has 0 aliphatic carbocycles. The number of rotatable bonds is 5. The largest absolute Gasteiger partial charge is 0.292 e. The van der Waals surface area contributed by atoms with E-state index in [1.54, 1.807) is 5.38 Å². The highest BCUT2D eigenvalue weighted by molar-refractivity contribution is 7.94. The van der Waals surface area contributed by atoms with Crippen LogP contribution in [-0.2, 0) is 10.0 Å². The summed E-state index contributed by atoms with van der Waals surface area (Å²) in [6, 6.07) is 0. The van der Waals surface area contributed by atoms with Gasteiger partial charge in [-0.15, -0.1) is 17.9 Å². The van der Waals surface area contributed by atoms with Gasteiger partial charge in [-0.2, -0.15) is 13.5 Å². The Labute approximate surface area is 103 Å². The van der Waals surface area contributed by atoms with Crippen LogP contribution in [0.4, 0.5) is 5.69 Å². The van der Waals surface area contributed by atoms with Crippen molar-refractivity contribution in [2.75, 3.05) is 10.8 Å². The van der Waals surface area contributed by atoms with Crippen molar-refractivity contribution in [1.82, 2.24) is 15.2 Å². The minimum Gasteiger partial charge on any atom is -0.284 e. The minimum atomic E-state index is -3.63. The number of hydrogen-bond donors (Lipinski definition) is 1. The second-order valence-electron chi connectivity index (χ2n) is 3.08. The van der Waals surface area contributed by atoms with Gasteiger partial charge in [0.15, 0.2) is 0 Å². The summed E-state index contributed by atoms with van der Waals surface area (Å²) in [5.74, 6) is 0. The molecule has 0 radical (unpaired) electrons. The van der Waals surface area contributed by atoms with Gasteiger partial charge in [-0.3, -0.25) is 9.40 Å². The van der Waals surface area contributed by atoms with Crippen molar-refractivity contribution in [1.29, 1.82) is 0 Å². The number of thiazole rings is 1. The molecule has 0 saturated heterocycles. The van der Waals surface area contributed by atoms with Gasteiger partial charge in [-0.1, -0.05) is 6.08 Å². The lowest BCUT2D eigenvalue weighted by atomic mass is 10.5. The van der Waals surface area contributed by atoms with Gasteiger partial charge in [0.05, 0.1) is 18.4 Å². The van der Waals surface area contributed by atoms with Gasteiger partial charge in [0, 0.05) is 17.8 Å². The third kappa shape index (κ3) is 2.22. The lowest BCUT2D eigenvalue weighted by molar-refractivity contribution is 0.592. The van der Waals surface area contributed by atoms with Crippen LogP contribution in [0.3, 0.4) is 0 Å². The molecular weight excluding hydrogens is 260 g/mol. The average Bonchev–Trinajstić information content (AvgIpc) is 2.97. The molecule has 0 fully saturated rings. The molecule has 0 aliphatic rings. The maximum atomic E-state index is 12.3. The van der Waals surface area contributed by atoms with E-state index in [-0.39, 0.29) is 10.9 Å². The van der Waals surface area contributed by atoms with E-state index >= 15 is 0 Å². The number of nitrogens with zero attached hydrogens (tertiary/aromatic N) is 3. The number of H-pyrrole nitrogens is 1. The summed E-state index contributed by atoms with van der Waals surface area (Å²) in [7, 11) is -3.63. The Morgan fingerprint density at radius 2 is 2.41 bits per heavy atom. The first kappa shape index (κ1) is 11.8. The van der Waals surface area contributed by atoms with E-state index < -0.39 is 10.0 Å². The molecule has 0 bridgehead atoms. The first-order valence-electron chi connectivity index (χ1n) is 4.68. The number of hydrogen-bond acceptors (Lipinski definition) is 5. The number of sulfonamides is 1. The van der Waals surface area contributed by atoms with Crippen LogP contribution in [0.25, 0.3) is 0 Å². The number of anilines is 1. The van der Waals surface area contributed by atoms with Gasteiger partial charge >= 0.3 is 0 Å². The van der Waals surface area contributed by atoms with Crippen LogP contribution >= 0.6 is 11.3 Å². The smallest absolute Gasteiger partial charge is 0.284 e. The predicted molar refractivity (Wildman–Crippen MR) is 65.4 cm³/mol. The maximum Gasteiger partial charge on any atom is 0.292 e. The highest BCUT2D eigenvalue weighted by Gasteiger charge is 2.26. The van der Waals surface area contributed by atoms with Gasteiger partial charge in [-0.05, 0) is 0 Å². The van der Waals surface area contributed by atoms with Gasteiger partial charge < -0.3 is 0 Å². The molecule has 17 heavy (non-hydrogen) atoms. The third-order valence-corrected chi connectivity index (χ3v) is 4.96. The summed E-state index contributed by atoms with van der Waals surface area (Å²) in [6.07, 6.45) is 5.92. The van der Waals surface area contributed by atoms with E-state index in [0.29, 0.717) is 5.69 Å². The second kappa shape index (κ2) is 4.68. The molecule has 2 aromatic rings. The average molecular weight is 270 g/mol. The summed E-state index contributed by atoms with van der Waals surface area (Å²) in [6.45, 7) is 3.72. The molecular formula is C9H10N4O2S2. The van der Waals surface area contributed by atoms with Crippen molar-refractivity contribution in [3.8, 4) is 0 Å². The maximum absolute atomic E-state index is 12.3. The molecule has 0 unspecified atom stereocenters. The molecule has 8 heteroatoms. The lowest BCUT2D eigenvalue weighted by Crippen LogP contribution is -2.30. The van der Waals surface area contributed by atoms with E-state index in [4.69, 9.17) is 0 Å². The van der Waals surface area contributed by atoms with E-state index in [9.17, 15) is 8.42 Å². The molecule has 0 spiro atoms. The Hall–Kier alpha value is -1.67. The molecule has 1 N–H and O–H groups in total. The molecule has 0 amide bonds. The summed E-state index contributed by atoms with van der Waals surface area (Å²) >= 11 is 1.08. The van der Waals surface area contributed by atoms with Crippen molar-refractivity contribution in [2.24, 2.45) is 0 Å². The van der Waals surface area contributed by atoms with Crippen molar-refractivity contribution < 1.29 is 8.42 Å². The fraction of sp³-hybridized carbons (Fsp3) is 0.111. The van der Waals surface area contributed by atoms with Crippen molar-refractivity contribution in [3.63, 3.8) is 0 Å². The monoisotopic (exact) mass is 270 g/mol. The van der Waals surface area contributed by atoms with E-state index in [1.165, 1.54) is 29.0 Å². The number of nitrogens with one attached hydrogen (secondary N) is 1. The number of aromatic nitrogens is 3. The highest BCUT2D eigenvalue weighted by Crippen LogP contribution is 2.23. The predicted octanol–water partition coefficient (Wildman–Crippen LogP) is 1.25. The summed E-state index contributed by atoms with van der Waals surface area (Å²) in [4.78, 5) is 3.82. The van der Waals surface area contributed by atoms with Crippen molar-refractivity contribution in [3.05, 3.63) is 36.6 Å². The normalized spacial score (nSPS) is 11.3. The first-order chi connectivity index (χ1) is 8.16. The van der Waals surface area contributed by atoms with Crippen LogP contribution < -0.4 is 4.31 Å². The fourth-order valence-corrected chi connectivity index (χ4v) is 3.62. The van der Waals surface area contributed by atoms with Crippen LogP contribution in [0.1, 0.15) is 0 Å². The molecule has 2 aromatic heterocycles. The molecule has 0 aliphatic heterocycles. The van der Waals surface area contributed by atoms with E-state index in [2.05, 4.69) is 21.8 Å². The highest BCUT2D eigenvalue weighted by atomic mass is 32.2. The Morgan fingerprint density at radius 3 is 2.94 bits per heavy atom. The van der Waals surface area contributed by atoms with E-state index in [1.807, 2.05) is 0 Å². The summed E-state index contributed by atoms with van der Waals surface area (Å²) in [5.41, 5.74) is 0.458.